The van der Waals surface area contributed by atoms with Gasteiger partial charge < -0.3 is 24.1 Å². The van der Waals surface area contributed by atoms with Crippen molar-refractivity contribution in [1.82, 2.24) is 15.2 Å². The van der Waals surface area contributed by atoms with Crippen molar-refractivity contribution in [3.63, 3.8) is 0 Å². The highest BCUT2D eigenvalue weighted by Crippen LogP contribution is 2.32. The number of benzene rings is 2. The number of aromatic nitrogens is 1. The van der Waals surface area contributed by atoms with Crippen LogP contribution in [0.1, 0.15) is 30.2 Å². The number of rotatable bonds is 3. The number of para-hydroxylation sites is 2. The molecular weight excluding hydrogens is 358 g/mol. The number of oxazole rings is 1. The molecule has 1 N–H and O–H groups in total. The largest absolute Gasteiger partial charge is 0.454 e. The normalized spacial score (nSPS) is 16.5. The van der Waals surface area contributed by atoms with Crippen LogP contribution >= 0.6 is 0 Å². The highest BCUT2D eigenvalue weighted by molar-refractivity contribution is 5.74. The van der Waals surface area contributed by atoms with Crippen molar-refractivity contribution in [3.8, 4) is 11.5 Å². The van der Waals surface area contributed by atoms with Gasteiger partial charge in [-0.3, -0.25) is 0 Å². The van der Waals surface area contributed by atoms with Crippen LogP contribution in [0.4, 0.5) is 4.79 Å². The van der Waals surface area contributed by atoms with E-state index in [1.807, 2.05) is 47.4 Å². The van der Waals surface area contributed by atoms with E-state index in [9.17, 15) is 4.79 Å². The quantitative estimate of drug-likeness (QED) is 0.752. The Hall–Kier alpha value is -3.22. The van der Waals surface area contributed by atoms with Gasteiger partial charge in [0.25, 0.3) is 0 Å². The summed E-state index contributed by atoms with van der Waals surface area (Å²) in [6.07, 6.45) is 1.70. The Morgan fingerprint density at radius 2 is 1.93 bits per heavy atom. The zero-order chi connectivity index (χ0) is 18.9. The fourth-order valence-corrected chi connectivity index (χ4v) is 3.73. The molecule has 2 aliphatic heterocycles. The summed E-state index contributed by atoms with van der Waals surface area (Å²) in [5.41, 5.74) is 2.70. The number of fused-ring (bicyclic) bond motifs is 2. The van der Waals surface area contributed by atoms with Gasteiger partial charge in [-0.15, -0.1) is 0 Å². The summed E-state index contributed by atoms with van der Waals surface area (Å²) in [4.78, 5) is 19.0. The average Bonchev–Trinajstić information content (AvgIpc) is 3.38. The molecule has 2 aromatic carbocycles. The Morgan fingerprint density at radius 1 is 1.11 bits per heavy atom. The molecular formula is C21H21N3O4. The first-order valence-corrected chi connectivity index (χ1v) is 9.53. The molecule has 0 unspecified atom stereocenters. The van der Waals surface area contributed by atoms with Crippen LogP contribution in [0.25, 0.3) is 11.1 Å². The van der Waals surface area contributed by atoms with E-state index in [1.165, 1.54) is 0 Å². The van der Waals surface area contributed by atoms with Crippen molar-refractivity contribution >= 4 is 17.1 Å². The number of nitrogens with zero attached hydrogens (tertiary/aromatic N) is 2. The van der Waals surface area contributed by atoms with Gasteiger partial charge in [0, 0.05) is 25.6 Å². The Balaban J connectivity index is 1.15. The number of hydrogen-bond acceptors (Lipinski definition) is 5. The van der Waals surface area contributed by atoms with Gasteiger partial charge in [0.1, 0.15) is 5.52 Å². The molecule has 1 aromatic heterocycles. The lowest BCUT2D eigenvalue weighted by Crippen LogP contribution is -2.43. The molecule has 5 rings (SSSR count). The molecule has 0 bridgehead atoms. The van der Waals surface area contributed by atoms with E-state index < -0.39 is 0 Å². The molecule has 3 aromatic rings. The number of ether oxygens (including phenoxy) is 2. The van der Waals surface area contributed by atoms with E-state index in [1.54, 1.807) is 0 Å². The van der Waals surface area contributed by atoms with Gasteiger partial charge in [0.15, 0.2) is 23.0 Å². The molecule has 1 fully saturated rings. The summed E-state index contributed by atoms with van der Waals surface area (Å²) in [7, 11) is 0. The molecule has 0 atom stereocenters. The standard InChI is InChI=1S/C21H21N3O4/c25-21(22-12-14-5-6-18-19(11-14)27-13-26-18)24-9-7-15(8-10-24)20-23-16-3-1-2-4-17(16)28-20/h1-6,11,15H,7-10,12-13H2,(H,22,25). The van der Waals surface area contributed by atoms with Crippen molar-refractivity contribution < 1.29 is 18.7 Å². The van der Waals surface area contributed by atoms with E-state index >= 15 is 0 Å². The van der Waals surface area contributed by atoms with E-state index in [-0.39, 0.29) is 18.7 Å². The maximum absolute atomic E-state index is 12.5. The van der Waals surface area contributed by atoms with E-state index in [0.29, 0.717) is 19.6 Å². The van der Waals surface area contributed by atoms with Crippen LogP contribution in [0.3, 0.4) is 0 Å². The molecule has 1 saturated heterocycles. The van der Waals surface area contributed by atoms with Gasteiger partial charge in [-0.1, -0.05) is 18.2 Å². The first kappa shape index (κ1) is 16.9. The molecule has 0 aliphatic carbocycles. The first-order chi connectivity index (χ1) is 13.8. The Labute approximate surface area is 162 Å². The van der Waals surface area contributed by atoms with E-state index in [4.69, 9.17) is 13.9 Å². The highest BCUT2D eigenvalue weighted by Gasteiger charge is 2.27. The summed E-state index contributed by atoms with van der Waals surface area (Å²) in [6.45, 7) is 2.09. The Kier molecular flexibility index (Phi) is 4.27. The summed E-state index contributed by atoms with van der Waals surface area (Å²) >= 11 is 0. The number of likely N-dealkylation sites (tertiary alicyclic amines) is 1. The molecule has 0 spiro atoms. The number of carbonyl (C=O) groups excluding carboxylic acids is 1. The van der Waals surface area contributed by atoms with Gasteiger partial charge in [0.05, 0.1) is 0 Å². The summed E-state index contributed by atoms with van der Waals surface area (Å²) in [5.74, 6) is 2.51. The highest BCUT2D eigenvalue weighted by atomic mass is 16.7. The van der Waals surface area contributed by atoms with Crippen LogP contribution in [-0.4, -0.2) is 35.8 Å². The Bertz CT molecular complexity index is 975. The van der Waals surface area contributed by atoms with Gasteiger partial charge in [0.2, 0.25) is 6.79 Å². The number of nitrogens with one attached hydrogen (secondary N) is 1. The molecule has 0 radical (unpaired) electrons. The van der Waals surface area contributed by atoms with Gasteiger partial charge >= 0.3 is 6.03 Å². The van der Waals surface area contributed by atoms with Crippen LogP contribution in [0.2, 0.25) is 0 Å². The zero-order valence-electron chi connectivity index (χ0n) is 15.4. The SMILES string of the molecule is O=C(NCc1ccc2c(c1)OCO2)N1CCC(c2nc3ccccc3o2)CC1. The number of amides is 2. The van der Waals surface area contributed by atoms with Crippen molar-refractivity contribution in [2.45, 2.75) is 25.3 Å². The van der Waals surface area contributed by atoms with Crippen LogP contribution in [0, 0.1) is 0 Å². The first-order valence-electron chi connectivity index (χ1n) is 9.53. The molecule has 2 aliphatic rings. The van der Waals surface area contributed by atoms with Crippen LogP contribution in [0.5, 0.6) is 11.5 Å². The fraction of sp³-hybridized carbons (Fsp3) is 0.333. The van der Waals surface area contributed by atoms with Crippen LogP contribution in [-0.2, 0) is 6.54 Å². The predicted octanol–water partition coefficient (Wildman–Crippen LogP) is 3.65. The van der Waals surface area contributed by atoms with E-state index in [0.717, 1.165) is 46.9 Å². The average molecular weight is 379 g/mol. The van der Waals surface area contributed by atoms with Gasteiger partial charge in [-0.05, 0) is 42.7 Å². The third-order valence-electron chi connectivity index (χ3n) is 5.32. The van der Waals surface area contributed by atoms with Crippen molar-refractivity contribution in [1.29, 1.82) is 0 Å². The molecule has 2 amide bonds. The fourth-order valence-electron chi connectivity index (χ4n) is 3.73. The Morgan fingerprint density at radius 3 is 2.79 bits per heavy atom. The lowest BCUT2D eigenvalue weighted by atomic mass is 9.97. The molecule has 0 saturated carbocycles. The second kappa shape index (κ2) is 7.07. The maximum atomic E-state index is 12.5. The topological polar surface area (TPSA) is 76.8 Å². The predicted molar refractivity (Wildman–Crippen MR) is 102 cm³/mol. The van der Waals surface area contributed by atoms with Crippen LogP contribution < -0.4 is 14.8 Å². The second-order valence-electron chi connectivity index (χ2n) is 7.13. The third kappa shape index (κ3) is 3.24. The molecule has 3 heterocycles. The monoisotopic (exact) mass is 379 g/mol. The van der Waals surface area contributed by atoms with Crippen molar-refractivity contribution in [2.24, 2.45) is 0 Å². The maximum Gasteiger partial charge on any atom is 0.317 e. The van der Waals surface area contributed by atoms with Crippen molar-refractivity contribution in [3.05, 3.63) is 53.9 Å². The number of carbonyl (C=O) groups is 1. The number of urea groups is 1. The molecule has 7 nitrogen and oxygen atoms in total. The summed E-state index contributed by atoms with van der Waals surface area (Å²) in [5, 5.41) is 2.99. The van der Waals surface area contributed by atoms with Crippen molar-refractivity contribution in [2.75, 3.05) is 19.9 Å². The molecule has 28 heavy (non-hydrogen) atoms. The molecule has 144 valence electrons. The van der Waals surface area contributed by atoms with Crippen LogP contribution in [0.15, 0.2) is 46.9 Å². The minimum absolute atomic E-state index is 0.0475. The zero-order valence-corrected chi connectivity index (χ0v) is 15.4. The van der Waals surface area contributed by atoms with Gasteiger partial charge in [-0.2, -0.15) is 0 Å². The third-order valence-corrected chi connectivity index (χ3v) is 5.32. The lowest BCUT2D eigenvalue weighted by Gasteiger charge is -2.30. The second-order valence-corrected chi connectivity index (χ2v) is 7.13. The molecule has 7 heteroatoms. The minimum atomic E-state index is -0.0475. The minimum Gasteiger partial charge on any atom is -0.454 e. The summed E-state index contributed by atoms with van der Waals surface area (Å²) in [6, 6.07) is 13.5. The van der Waals surface area contributed by atoms with Gasteiger partial charge in [-0.25, -0.2) is 9.78 Å². The number of piperidine rings is 1. The smallest absolute Gasteiger partial charge is 0.317 e. The summed E-state index contributed by atoms with van der Waals surface area (Å²) < 4.78 is 16.6. The lowest BCUT2D eigenvalue weighted by molar-refractivity contribution is 0.173. The number of hydrogen-bond donors (Lipinski definition) is 1. The van der Waals surface area contributed by atoms with E-state index in [2.05, 4.69) is 10.3 Å².